The monoisotopic (exact) mass is 239 g/mol. The molecule has 0 aliphatic carbocycles. The second-order valence-corrected chi connectivity index (χ2v) is 5.82. The molecular weight excluding hydrogens is 214 g/mol. The standard InChI is InChI=1S/C14H25NS/c1-4-6-15-10-14(8-12(2)3)9-13-5-7-16-11-13/h5,7,11-12,14-15H,4,6,8-10H2,1-3H3. The van der Waals surface area contributed by atoms with Gasteiger partial charge in [-0.25, -0.2) is 0 Å². The molecule has 16 heavy (non-hydrogen) atoms. The summed E-state index contributed by atoms with van der Waals surface area (Å²) in [4.78, 5) is 0. The maximum atomic E-state index is 3.56. The van der Waals surface area contributed by atoms with E-state index in [4.69, 9.17) is 0 Å². The van der Waals surface area contributed by atoms with Crippen molar-refractivity contribution in [3.05, 3.63) is 22.4 Å². The lowest BCUT2D eigenvalue weighted by molar-refractivity contribution is 0.386. The zero-order chi connectivity index (χ0) is 11.8. The van der Waals surface area contributed by atoms with Crippen molar-refractivity contribution < 1.29 is 0 Å². The summed E-state index contributed by atoms with van der Waals surface area (Å²) >= 11 is 1.81. The van der Waals surface area contributed by atoms with Gasteiger partial charge in [-0.3, -0.25) is 0 Å². The molecule has 2 heteroatoms. The quantitative estimate of drug-likeness (QED) is 0.677. The first kappa shape index (κ1) is 13.7. The fraction of sp³-hybridized carbons (Fsp3) is 0.714. The molecule has 0 spiro atoms. The fourth-order valence-electron chi connectivity index (χ4n) is 2.13. The summed E-state index contributed by atoms with van der Waals surface area (Å²) in [6.45, 7) is 9.18. The van der Waals surface area contributed by atoms with E-state index in [0.29, 0.717) is 0 Å². The summed E-state index contributed by atoms with van der Waals surface area (Å²) in [7, 11) is 0. The van der Waals surface area contributed by atoms with Gasteiger partial charge in [0.05, 0.1) is 0 Å². The molecule has 1 heterocycles. The fourth-order valence-corrected chi connectivity index (χ4v) is 2.81. The number of hydrogen-bond acceptors (Lipinski definition) is 2. The molecule has 0 amide bonds. The first-order valence-electron chi connectivity index (χ1n) is 6.44. The van der Waals surface area contributed by atoms with Crippen LogP contribution in [0.3, 0.4) is 0 Å². The molecule has 0 fully saturated rings. The van der Waals surface area contributed by atoms with E-state index in [2.05, 4.69) is 42.9 Å². The molecule has 0 aromatic carbocycles. The minimum Gasteiger partial charge on any atom is -0.316 e. The minimum absolute atomic E-state index is 0.793. The third-order valence-electron chi connectivity index (χ3n) is 2.77. The first-order valence-corrected chi connectivity index (χ1v) is 7.38. The molecule has 0 bridgehead atoms. The topological polar surface area (TPSA) is 12.0 Å². The van der Waals surface area contributed by atoms with Gasteiger partial charge < -0.3 is 5.32 Å². The predicted octanol–water partition coefficient (Wildman–Crippen LogP) is 3.95. The molecule has 1 N–H and O–H groups in total. The lowest BCUT2D eigenvalue weighted by Gasteiger charge is -2.19. The third kappa shape index (κ3) is 5.66. The van der Waals surface area contributed by atoms with Crippen molar-refractivity contribution in [2.45, 2.75) is 40.0 Å². The molecule has 1 unspecified atom stereocenters. The van der Waals surface area contributed by atoms with Gasteiger partial charge in [-0.2, -0.15) is 11.3 Å². The van der Waals surface area contributed by atoms with E-state index in [0.717, 1.165) is 18.4 Å². The van der Waals surface area contributed by atoms with Crippen molar-refractivity contribution in [2.24, 2.45) is 11.8 Å². The average molecular weight is 239 g/mol. The van der Waals surface area contributed by atoms with Crippen molar-refractivity contribution in [2.75, 3.05) is 13.1 Å². The Labute approximate surface area is 104 Å². The van der Waals surface area contributed by atoms with Crippen LogP contribution in [0.4, 0.5) is 0 Å². The molecule has 1 aromatic heterocycles. The van der Waals surface area contributed by atoms with Crippen molar-refractivity contribution in [3.63, 3.8) is 0 Å². The third-order valence-corrected chi connectivity index (χ3v) is 3.50. The van der Waals surface area contributed by atoms with Gasteiger partial charge in [0.1, 0.15) is 0 Å². The van der Waals surface area contributed by atoms with E-state index in [-0.39, 0.29) is 0 Å². The second-order valence-electron chi connectivity index (χ2n) is 5.04. The highest BCUT2D eigenvalue weighted by Crippen LogP contribution is 2.18. The van der Waals surface area contributed by atoms with E-state index < -0.39 is 0 Å². The average Bonchev–Trinajstić information content (AvgIpc) is 2.69. The predicted molar refractivity (Wildman–Crippen MR) is 74.1 cm³/mol. The summed E-state index contributed by atoms with van der Waals surface area (Å²) in [6.07, 6.45) is 3.79. The molecule has 0 radical (unpaired) electrons. The summed E-state index contributed by atoms with van der Waals surface area (Å²) in [6, 6.07) is 2.26. The summed E-state index contributed by atoms with van der Waals surface area (Å²) in [5, 5.41) is 8.02. The van der Waals surface area contributed by atoms with Gasteiger partial charge in [-0.1, -0.05) is 20.8 Å². The highest BCUT2D eigenvalue weighted by molar-refractivity contribution is 7.07. The van der Waals surface area contributed by atoms with E-state index >= 15 is 0 Å². The largest absolute Gasteiger partial charge is 0.316 e. The molecule has 92 valence electrons. The minimum atomic E-state index is 0.793. The summed E-state index contributed by atoms with van der Waals surface area (Å²) in [5.41, 5.74) is 1.51. The van der Waals surface area contributed by atoms with Crippen LogP contribution in [0, 0.1) is 11.8 Å². The molecule has 1 nitrogen and oxygen atoms in total. The molecule has 0 saturated heterocycles. The Morgan fingerprint density at radius 2 is 2.19 bits per heavy atom. The van der Waals surface area contributed by atoms with Crippen LogP contribution in [0.2, 0.25) is 0 Å². The second kappa shape index (κ2) is 7.86. The van der Waals surface area contributed by atoms with Crippen LogP contribution in [-0.2, 0) is 6.42 Å². The summed E-state index contributed by atoms with van der Waals surface area (Å²) in [5.74, 6) is 1.59. The lowest BCUT2D eigenvalue weighted by Crippen LogP contribution is -2.26. The Morgan fingerprint density at radius 1 is 1.38 bits per heavy atom. The normalized spacial score (nSPS) is 13.2. The van der Waals surface area contributed by atoms with Gasteiger partial charge in [-0.05, 0) is 66.6 Å². The molecule has 1 atom stereocenters. The number of rotatable bonds is 8. The number of hydrogen-bond donors (Lipinski definition) is 1. The van der Waals surface area contributed by atoms with E-state index in [1.54, 1.807) is 0 Å². The van der Waals surface area contributed by atoms with Crippen LogP contribution in [0.5, 0.6) is 0 Å². The van der Waals surface area contributed by atoms with Crippen molar-refractivity contribution in [1.82, 2.24) is 5.32 Å². The SMILES string of the molecule is CCCNCC(Cc1ccsc1)CC(C)C. The van der Waals surface area contributed by atoms with Crippen molar-refractivity contribution >= 4 is 11.3 Å². The maximum absolute atomic E-state index is 3.56. The number of nitrogens with one attached hydrogen (secondary N) is 1. The Bertz CT molecular complexity index is 254. The van der Waals surface area contributed by atoms with Gasteiger partial charge in [0.2, 0.25) is 0 Å². The highest BCUT2D eigenvalue weighted by Gasteiger charge is 2.11. The molecule has 1 aromatic rings. The van der Waals surface area contributed by atoms with Crippen LogP contribution in [0.25, 0.3) is 0 Å². The molecule has 1 rings (SSSR count). The van der Waals surface area contributed by atoms with Crippen LogP contribution in [0.1, 0.15) is 39.2 Å². The first-order chi connectivity index (χ1) is 7.72. The highest BCUT2D eigenvalue weighted by atomic mass is 32.1. The Kier molecular flexibility index (Phi) is 6.74. The Morgan fingerprint density at radius 3 is 2.75 bits per heavy atom. The van der Waals surface area contributed by atoms with Crippen LogP contribution in [0.15, 0.2) is 16.8 Å². The Hall–Kier alpha value is -0.340. The van der Waals surface area contributed by atoms with Crippen molar-refractivity contribution in [3.8, 4) is 0 Å². The van der Waals surface area contributed by atoms with Gasteiger partial charge in [0.25, 0.3) is 0 Å². The Balaban J connectivity index is 2.37. The van der Waals surface area contributed by atoms with Gasteiger partial charge in [-0.15, -0.1) is 0 Å². The zero-order valence-electron chi connectivity index (χ0n) is 10.8. The van der Waals surface area contributed by atoms with Gasteiger partial charge >= 0.3 is 0 Å². The maximum Gasteiger partial charge on any atom is -0.00172 e. The molecule has 0 aliphatic rings. The van der Waals surface area contributed by atoms with E-state index in [9.17, 15) is 0 Å². The van der Waals surface area contributed by atoms with Gasteiger partial charge in [0, 0.05) is 0 Å². The zero-order valence-corrected chi connectivity index (χ0v) is 11.6. The van der Waals surface area contributed by atoms with Crippen LogP contribution >= 0.6 is 11.3 Å². The number of thiophene rings is 1. The molecule has 0 aliphatic heterocycles. The lowest BCUT2D eigenvalue weighted by atomic mass is 9.92. The van der Waals surface area contributed by atoms with Crippen molar-refractivity contribution in [1.29, 1.82) is 0 Å². The van der Waals surface area contributed by atoms with Crippen LogP contribution in [-0.4, -0.2) is 13.1 Å². The van der Waals surface area contributed by atoms with Gasteiger partial charge in [0.15, 0.2) is 0 Å². The smallest absolute Gasteiger partial charge is 0.00172 e. The van der Waals surface area contributed by atoms with Crippen LogP contribution < -0.4 is 5.32 Å². The molecule has 0 saturated carbocycles. The van der Waals surface area contributed by atoms with E-state index in [1.807, 2.05) is 11.3 Å². The molecular formula is C14H25NS. The van der Waals surface area contributed by atoms with E-state index in [1.165, 1.54) is 31.4 Å². The summed E-state index contributed by atoms with van der Waals surface area (Å²) < 4.78 is 0.